The number of thiazole rings is 1. The minimum Gasteiger partial charge on any atom is -0.339 e. The third-order valence-electron chi connectivity index (χ3n) is 2.27. The van der Waals surface area contributed by atoms with E-state index in [2.05, 4.69) is 4.98 Å². The first-order valence-corrected chi connectivity index (χ1v) is 8.35. The van der Waals surface area contributed by atoms with Crippen LogP contribution in [0.15, 0.2) is 5.38 Å². The van der Waals surface area contributed by atoms with E-state index in [1.54, 1.807) is 12.4 Å². The molecule has 102 valence electrons. The van der Waals surface area contributed by atoms with E-state index in [-0.39, 0.29) is 18.2 Å². The van der Waals surface area contributed by atoms with Gasteiger partial charge in [-0.25, -0.2) is 13.4 Å². The highest BCUT2D eigenvalue weighted by Gasteiger charge is 2.16. The molecule has 1 rings (SSSR count). The Bertz CT molecular complexity index is 510. The molecule has 1 aromatic rings. The van der Waals surface area contributed by atoms with Gasteiger partial charge >= 0.3 is 0 Å². The summed E-state index contributed by atoms with van der Waals surface area (Å²) >= 11 is 1.39. The normalized spacial score (nSPS) is 11.5. The third kappa shape index (κ3) is 4.71. The lowest BCUT2D eigenvalue weighted by molar-refractivity contribution is 0.0798. The van der Waals surface area contributed by atoms with E-state index < -0.39 is 9.84 Å². The van der Waals surface area contributed by atoms with Crippen molar-refractivity contribution >= 4 is 27.1 Å². The van der Waals surface area contributed by atoms with Crippen LogP contribution in [0.5, 0.6) is 0 Å². The van der Waals surface area contributed by atoms with Gasteiger partial charge in [0.1, 0.15) is 15.5 Å². The van der Waals surface area contributed by atoms with Gasteiger partial charge in [0.05, 0.1) is 10.8 Å². The van der Waals surface area contributed by atoms with E-state index in [4.69, 9.17) is 5.73 Å². The minimum absolute atomic E-state index is 0.0466. The van der Waals surface area contributed by atoms with E-state index in [1.165, 1.54) is 16.2 Å². The molecule has 2 N–H and O–H groups in total. The van der Waals surface area contributed by atoms with Crippen LogP contribution in [0.2, 0.25) is 0 Å². The number of nitrogens with zero attached hydrogens (tertiary/aromatic N) is 2. The number of carbonyl (C=O) groups excluding carboxylic acids is 1. The number of hydrogen-bond donors (Lipinski definition) is 1. The fraction of sp³-hybridized carbons (Fsp3) is 0.600. The Morgan fingerprint density at radius 1 is 1.56 bits per heavy atom. The molecule has 1 aromatic heterocycles. The molecule has 0 bridgehead atoms. The van der Waals surface area contributed by atoms with Gasteiger partial charge in [0.15, 0.2) is 0 Å². The molecule has 0 unspecified atom stereocenters. The van der Waals surface area contributed by atoms with Gasteiger partial charge in [-0.1, -0.05) is 0 Å². The minimum atomic E-state index is -3.07. The predicted molar refractivity (Wildman–Crippen MR) is 71.5 cm³/mol. The second-order valence-electron chi connectivity index (χ2n) is 4.02. The van der Waals surface area contributed by atoms with Gasteiger partial charge in [0.2, 0.25) is 0 Å². The van der Waals surface area contributed by atoms with Crippen LogP contribution >= 0.6 is 11.3 Å². The van der Waals surface area contributed by atoms with Gasteiger partial charge in [-0.2, -0.15) is 0 Å². The summed E-state index contributed by atoms with van der Waals surface area (Å²) in [4.78, 5) is 17.4. The van der Waals surface area contributed by atoms with Crippen molar-refractivity contribution in [2.45, 2.75) is 6.42 Å². The zero-order valence-corrected chi connectivity index (χ0v) is 12.1. The lowest BCUT2D eigenvalue weighted by Gasteiger charge is -2.14. The summed E-state index contributed by atoms with van der Waals surface area (Å²) in [5, 5.41) is 2.49. The summed E-state index contributed by atoms with van der Waals surface area (Å²) in [5.74, 6) is -0.312. The second-order valence-corrected chi connectivity index (χ2v) is 7.22. The maximum absolute atomic E-state index is 11.9. The van der Waals surface area contributed by atoms with E-state index in [0.29, 0.717) is 18.7 Å². The van der Waals surface area contributed by atoms with Crippen molar-refractivity contribution in [3.63, 3.8) is 0 Å². The van der Waals surface area contributed by atoms with Gasteiger partial charge in [-0.15, -0.1) is 11.3 Å². The molecule has 18 heavy (non-hydrogen) atoms. The van der Waals surface area contributed by atoms with E-state index in [0.717, 1.165) is 11.3 Å². The Labute approximate surface area is 111 Å². The Hall–Kier alpha value is -0.990. The molecule has 0 atom stereocenters. The average Bonchev–Trinajstić information content (AvgIpc) is 2.73. The number of hydrogen-bond acceptors (Lipinski definition) is 6. The van der Waals surface area contributed by atoms with Crippen LogP contribution in [-0.2, 0) is 16.3 Å². The molecule has 0 fully saturated rings. The molecule has 1 heterocycles. The zero-order chi connectivity index (χ0) is 13.8. The van der Waals surface area contributed by atoms with E-state index in [9.17, 15) is 13.2 Å². The van der Waals surface area contributed by atoms with Crippen molar-refractivity contribution in [1.29, 1.82) is 0 Å². The van der Waals surface area contributed by atoms with Crippen LogP contribution in [-0.4, -0.2) is 56.4 Å². The monoisotopic (exact) mass is 291 g/mol. The fourth-order valence-corrected chi connectivity index (χ4v) is 2.64. The molecule has 6 nitrogen and oxygen atoms in total. The second kappa shape index (κ2) is 6.26. The van der Waals surface area contributed by atoms with Crippen molar-refractivity contribution in [1.82, 2.24) is 9.88 Å². The Kier molecular flexibility index (Phi) is 5.24. The maximum Gasteiger partial charge on any atom is 0.273 e. The van der Waals surface area contributed by atoms with Crippen molar-refractivity contribution in [2.24, 2.45) is 5.73 Å². The summed E-state index contributed by atoms with van der Waals surface area (Å²) in [6.45, 7) is 0.659. The van der Waals surface area contributed by atoms with Crippen molar-refractivity contribution in [3.8, 4) is 0 Å². The Morgan fingerprint density at radius 2 is 2.22 bits per heavy atom. The van der Waals surface area contributed by atoms with Gasteiger partial charge in [0.25, 0.3) is 5.91 Å². The third-order valence-corrected chi connectivity index (χ3v) is 4.11. The van der Waals surface area contributed by atoms with Gasteiger partial charge in [-0.3, -0.25) is 4.79 Å². The first-order valence-electron chi connectivity index (χ1n) is 5.41. The molecule has 0 aliphatic carbocycles. The van der Waals surface area contributed by atoms with Crippen LogP contribution in [0.1, 0.15) is 15.5 Å². The topological polar surface area (TPSA) is 93.4 Å². The van der Waals surface area contributed by atoms with E-state index >= 15 is 0 Å². The summed E-state index contributed by atoms with van der Waals surface area (Å²) in [5.41, 5.74) is 5.75. The number of aromatic nitrogens is 1. The first-order chi connectivity index (χ1) is 8.33. The fourth-order valence-electron chi connectivity index (χ4n) is 1.25. The summed E-state index contributed by atoms with van der Waals surface area (Å²) in [6.07, 6.45) is 1.79. The lowest BCUT2D eigenvalue weighted by atomic mass is 10.4. The predicted octanol–water partition coefficient (Wildman–Crippen LogP) is -0.239. The van der Waals surface area contributed by atoms with Crippen LogP contribution in [0.25, 0.3) is 0 Å². The molecular weight excluding hydrogens is 274 g/mol. The Balaban J connectivity index is 2.62. The molecule has 0 aliphatic heterocycles. The number of sulfone groups is 1. The lowest BCUT2D eigenvalue weighted by Crippen LogP contribution is -2.31. The molecular formula is C10H17N3O3S2. The van der Waals surface area contributed by atoms with Crippen LogP contribution in [0.3, 0.4) is 0 Å². The first kappa shape index (κ1) is 15.1. The molecule has 0 aliphatic rings. The molecule has 0 spiro atoms. The smallest absolute Gasteiger partial charge is 0.273 e. The van der Waals surface area contributed by atoms with Crippen LogP contribution in [0.4, 0.5) is 0 Å². The van der Waals surface area contributed by atoms with Crippen LogP contribution in [0, 0.1) is 0 Å². The number of carbonyl (C=O) groups is 1. The largest absolute Gasteiger partial charge is 0.339 e. The van der Waals surface area contributed by atoms with E-state index in [1.807, 2.05) is 0 Å². The highest BCUT2D eigenvalue weighted by molar-refractivity contribution is 7.90. The maximum atomic E-state index is 11.9. The zero-order valence-electron chi connectivity index (χ0n) is 10.4. The highest BCUT2D eigenvalue weighted by Crippen LogP contribution is 2.11. The SMILES string of the molecule is CN(CCS(C)(=O)=O)C(=O)c1csc(CCN)n1. The molecule has 1 amide bonds. The van der Waals surface area contributed by atoms with Gasteiger partial charge < -0.3 is 10.6 Å². The van der Waals surface area contributed by atoms with Crippen LogP contribution < -0.4 is 5.73 Å². The number of amides is 1. The standard InChI is InChI=1S/C10H17N3O3S2/c1-13(5-6-18(2,15)16)10(14)8-7-17-9(12-8)3-4-11/h7H,3-6,11H2,1-2H3. The van der Waals surface area contributed by atoms with Gasteiger partial charge in [-0.05, 0) is 6.54 Å². The molecule has 0 radical (unpaired) electrons. The highest BCUT2D eigenvalue weighted by atomic mass is 32.2. The van der Waals surface area contributed by atoms with Crippen molar-refractivity contribution in [2.75, 3.05) is 32.1 Å². The average molecular weight is 291 g/mol. The summed E-state index contributed by atoms with van der Waals surface area (Å²) in [6, 6.07) is 0. The van der Waals surface area contributed by atoms with Crippen molar-refractivity contribution in [3.05, 3.63) is 16.1 Å². The quantitative estimate of drug-likeness (QED) is 0.781. The molecule has 8 heteroatoms. The Morgan fingerprint density at radius 3 is 2.78 bits per heavy atom. The molecule has 0 saturated heterocycles. The summed E-state index contributed by atoms with van der Waals surface area (Å²) in [7, 11) is -1.50. The number of rotatable bonds is 6. The van der Waals surface area contributed by atoms with Gasteiger partial charge in [0, 0.05) is 31.6 Å². The molecule has 0 saturated carbocycles. The van der Waals surface area contributed by atoms with Crippen molar-refractivity contribution < 1.29 is 13.2 Å². The summed E-state index contributed by atoms with van der Waals surface area (Å²) < 4.78 is 22.0. The molecule has 0 aromatic carbocycles. The number of nitrogens with two attached hydrogens (primary N) is 1.